The summed E-state index contributed by atoms with van der Waals surface area (Å²) >= 11 is 6.02. The number of methoxy groups -OCH3 is 2. The van der Waals surface area contributed by atoms with Gasteiger partial charge in [-0.05, 0) is 38.4 Å². The second kappa shape index (κ2) is 11.0. The highest BCUT2D eigenvalue weighted by Crippen LogP contribution is 2.32. The van der Waals surface area contributed by atoms with E-state index >= 15 is 0 Å². The van der Waals surface area contributed by atoms with Crippen LogP contribution in [0.5, 0.6) is 11.5 Å². The molecule has 0 saturated heterocycles. The van der Waals surface area contributed by atoms with Gasteiger partial charge in [-0.15, -0.1) is 0 Å². The van der Waals surface area contributed by atoms with Gasteiger partial charge < -0.3 is 19.7 Å². The number of aromatic nitrogens is 2. The smallest absolute Gasteiger partial charge is 0.240 e. The minimum atomic E-state index is -0.182. The molecule has 2 aromatic carbocycles. The van der Waals surface area contributed by atoms with Crippen LogP contribution in [0.25, 0.3) is 16.9 Å². The normalized spacial score (nSPS) is 10.9. The lowest BCUT2D eigenvalue weighted by atomic mass is 10.2. The summed E-state index contributed by atoms with van der Waals surface area (Å²) in [5.41, 5.74) is 2.35. The van der Waals surface area contributed by atoms with Crippen molar-refractivity contribution >= 4 is 23.5 Å². The molecule has 0 aliphatic carbocycles. The van der Waals surface area contributed by atoms with Crippen molar-refractivity contribution in [2.75, 3.05) is 53.3 Å². The summed E-state index contributed by atoms with van der Waals surface area (Å²) in [6.45, 7) is 1.73. The third-order valence-corrected chi connectivity index (χ3v) is 5.02. The predicted octanol–water partition coefficient (Wildman–Crippen LogP) is 3.30. The maximum Gasteiger partial charge on any atom is 0.240 e. The number of hydrogen-bond donors (Lipinski definition) is 2. The van der Waals surface area contributed by atoms with E-state index < -0.39 is 0 Å². The molecule has 0 atom stereocenters. The number of nitrogens with one attached hydrogen (secondary N) is 2. The molecule has 0 spiro atoms. The first kappa shape index (κ1) is 23.6. The summed E-state index contributed by atoms with van der Waals surface area (Å²) in [7, 11) is 7.14. The van der Waals surface area contributed by atoms with Crippen LogP contribution in [0, 0.1) is 0 Å². The first-order valence-corrected chi connectivity index (χ1v) is 10.5. The molecule has 0 saturated carbocycles. The summed E-state index contributed by atoms with van der Waals surface area (Å²) < 4.78 is 12.6. The van der Waals surface area contributed by atoms with Crippen LogP contribution in [-0.2, 0) is 4.79 Å². The fourth-order valence-electron chi connectivity index (χ4n) is 3.07. The summed E-state index contributed by atoms with van der Waals surface area (Å²) in [4.78, 5) is 19.3. The number of amides is 1. The lowest BCUT2D eigenvalue weighted by Crippen LogP contribution is -2.33. The number of anilines is 1. The number of likely N-dealkylation sites (N-methyl/N-ethyl adjacent to an activating group) is 1. The Bertz CT molecular complexity index is 1050. The second-order valence-corrected chi connectivity index (χ2v) is 7.83. The molecule has 2 N–H and O–H groups in total. The minimum absolute atomic E-state index is 0.182. The second-order valence-electron chi connectivity index (χ2n) is 7.39. The fourth-order valence-corrected chi connectivity index (χ4v) is 3.20. The van der Waals surface area contributed by atoms with E-state index in [1.807, 2.05) is 60.1 Å². The zero-order chi connectivity index (χ0) is 23.1. The van der Waals surface area contributed by atoms with Gasteiger partial charge in [-0.1, -0.05) is 23.7 Å². The standard InChI is InChI=1S/C23H28ClN5O3/c1-28(2)12-11-25-14-22(30)27-23-26-19(16-5-7-17(24)8-6-16)15-29(23)18-9-10-20(31-3)21(13-18)32-4/h5-10,13,15,25H,11-12,14H2,1-4H3,(H,26,27,30). The lowest BCUT2D eigenvalue weighted by Gasteiger charge is -2.13. The van der Waals surface area contributed by atoms with Crippen molar-refractivity contribution in [3.8, 4) is 28.4 Å². The Kier molecular flexibility index (Phi) is 8.10. The zero-order valence-corrected chi connectivity index (χ0v) is 19.4. The molecule has 8 nitrogen and oxygen atoms in total. The fraction of sp³-hybridized carbons (Fsp3) is 0.304. The van der Waals surface area contributed by atoms with Crippen LogP contribution in [-0.4, -0.2) is 68.3 Å². The van der Waals surface area contributed by atoms with E-state index in [1.54, 1.807) is 26.4 Å². The molecular weight excluding hydrogens is 430 g/mol. The van der Waals surface area contributed by atoms with Crippen molar-refractivity contribution in [3.63, 3.8) is 0 Å². The zero-order valence-electron chi connectivity index (χ0n) is 18.7. The summed E-state index contributed by atoms with van der Waals surface area (Å²) in [5, 5.41) is 6.68. The van der Waals surface area contributed by atoms with Crippen molar-refractivity contribution in [2.45, 2.75) is 0 Å². The van der Waals surface area contributed by atoms with E-state index in [1.165, 1.54) is 0 Å². The number of benzene rings is 2. The van der Waals surface area contributed by atoms with Gasteiger partial charge in [0.2, 0.25) is 11.9 Å². The van der Waals surface area contributed by atoms with E-state index in [-0.39, 0.29) is 12.5 Å². The molecule has 32 heavy (non-hydrogen) atoms. The Morgan fingerprint density at radius 1 is 1.09 bits per heavy atom. The van der Waals surface area contributed by atoms with E-state index in [9.17, 15) is 4.79 Å². The molecule has 3 aromatic rings. The van der Waals surface area contributed by atoms with Gasteiger partial charge in [0, 0.05) is 35.9 Å². The van der Waals surface area contributed by atoms with E-state index in [0.29, 0.717) is 34.7 Å². The van der Waals surface area contributed by atoms with Gasteiger partial charge >= 0.3 is 0 Å². The quantitative estimate of drug-likeness (QED) is 0.455. The number of hydrogen-bond acceptors (Lipinski definition) is 6. The van der Waals surface area contributed by atoms with Gasteiger partial charge in [-0.25, -0.2) is 4.98 Å². The summed E-state index contributed by atoms with van der Waals surface area (Å²) in [6, 6.07) is 12.9. The molecule has 0 unspecified atom stereocenters. The van der Waals surface area contributed by atoms with Gasteiger partial charge in [0.15, 0.2) is 11.5 Å². The van der Waals surface area contributed by atoms with Crippen molar-refractivity contribution in [2.24, 2.45) is 0 Å². The van der Waals surface area contributed by atoms with Gasteiger partial charge in [-0.2, -0.15) is 0 Å². The van der Waals surface area contributed by atoms with Gasteiger partial charge in [-0.3, -0.25) is 14.7 Å². The first-order chi connectivity index (χ1) is 15.4. The number of nitrogens with zero attached hydrogens (tertiary/aromatic N) is 3. The molecular formula is C23H28ClN5O3. The Balaban J connectivity index is 1.90. The number of ether oxygens (including phenoxy) is 2. The number of carbonyl (C=O) groups excluding carboxylic acids is 1. The largest absolute Gasteiger partial charge is 0.493 e. The maximum absolute atomic E-state index is 12.6. The molecule has 1 heterocycles. The number of rotatable bonds is 10. The maximum atomic E-state index is 12.6. The predicted molar refractivity (Wildman–Crippen MR) is 127 cm³/mol. The highest BCUT2D eigenvalue weighted by Gasteiger charge is 2.16. The molecule has 1 aromatic heterocycles. The van der Waals surface area contributed by atoms with Crippen molar-refractivity contribution in [1.29, 1.82) is 0 Å². The van der Waals surface area contributed by atoms with Crippen LogP contribution in [0.1, 0.15) is 0 Å². The van der Waals surface area contributed by atoms with Crippen LogP contribution in [0.2, 0.25) is 5.02 Å². The van der Waals surface area contributed by atoms with E-state index in [4.69, 9.17) is 21.1 Å². The molecule has 9 heteroatoms. The summed E-state index contributed by atoms with van der Waals surface area (Å²) in [5.74, 6) is 1.42. The molecule has 0 bridgehead atoms. The Labute approximate surface area is 193 Å². The van der Waals surface area contributed by atoms with Crippen LogP contribution >= 0.6 is 11.6 Å². The molecule has 0 aliphatic heterocycles. The Morgan fingerprint density at radius 3 is 2.47 bits per heavy atom. The monoisotopic (exact) mass is 457 g/mol. The van der Waals surface area contributed by atoms with E-state index in [2.05, 4.69) is 15.6 Å². The van der Waals surface area contributed by atoms with Crippen LogP contribution in [0.15, 0.2) is 48.7 Å². The molecule has 170 valence electrons. The van der Waals surface area contributed by atoms with Crippen LogP contribution in [0.3, 0.4) is 0 Å². The van der Waals surface area contributed by atoms with Gasteiger partial charge in [0.25, 0.3) is 0 Å². The van der Waals surface area contributed by atoms with Gasteiger partial charge in [0.1, 0.15) is 0 Å². The molecule has 1 amide bonds. The first-order valence-electron chi connectivity index (χ1n) is 10.1. The summed E-state index contributed by atoms with van der Waals surface area (Å²) in [6.07, 6.45) is 1.86. The SMILES string of the molecule is COc1ccc(-n2cc(-c3ccc(Cl)cc3)nc2NC(=O)CNCCN(C)C)cc1OC. The van der Waals surface area contributed by atoms with Crippen molar-refractivity contribution in [3.05, 3.63) is 53.7 Å². The number of carbonyl (C=O) groups is 1. The molecule has 0 aliphatic rings. The Hall–Kier alpha value is -3.07. The number of imidazole rings is 1. The van der Waals surface area contributed by atoms with Crippen molar-refractivity contribution in [1.82, 2.24) is 19.8 Å². The van der Waals surface area contributed by atoms with Crippen LogP contribution in [0.4, 0.5) is 5.95 Å². The van der Waals surface area contributed by atoms with Crippen molar-refractivity contribution < 1.29 is 14.3 Å². The third kappa shape index (κ3) is 6.00. The molecule has 3 rings (SSSR count). The lowest BCUT2D eigenvalue weighted by molar-refractivity contribution is -0.115. The Morgan fingerprint density at radius 2 is 1.81 bits per heavy atom. The van der Waals surface area contributed by atoms with Gasteiger partial charge in [0.05, 0.1) is 32.1 Å². The average Bonchev–Trinajstić information content (AvgIpc) is 3.20. The molecule has 0 fully saturated rings. The molecule has 0 radical (unpaired) electrons. The van der Waals surface area contributed by atoms with Crippen LogP contribution < -0.4 is 20.1 Å². The highest BCUT2D eigenvalue weighted by molar-refractivity contribution is 6.30. The third-order valence-electron chi connectivity index (χ3n) is 4.76. The van der Waals surface area contributed by atoms with E-state index in [0.717, 1.165) is 17.8 Å². The topological polar surface area (TPSA) is 80.6 Å². The highest BCUT2D eigenvalue weighted by atomic mass is 35.5. The minimum Gasteiger partial charge on any atom is -0.493 e. The average molecular weight is 458 g/mol. The number of halogens is 1.